The number of ketones is 1. The van der Waals surface area contributed by atoms with Gasteiger partial charge < -0.3 is 21.2 Å². The lowest BCUT2D eigenvalue weighted by Crippen LogP contribution is -2.45. The molecule has 0 saturated heterocycles. The van der Waals surface area contributed by atoms with Crippen LogP contribution in [-0.4, -0.2) is 49.1 Å². The number of nitrogens with two attached hydrogens (primary N) is 2. The summed E-state index contributed by atoms with van der Waals surface area (Å²) in [6.45, 7) is 3.63. The molecule has 0 radical (unpaired) electrons. The van der Waals surface area contributed by atoms with E-state index in [2.05, 4.69) is 20.1 Å². The number of fused-ring (bicyclic) bond motifs is 1. The van der Waals surface area contributed by atoms with Gasteiger partial charge in [0, 0.05) is 23.4 Å². The molecule has 5 N–H and O–H groups in total. The Hall–Kier alpha value is -5.33. The van der Waals surface area contributed by atoms with Crippen molar-refractivity contribution in [1.29, 1.82) is 0 Å². The molecule has 4 heterocycles. The second kappa shape index (κ2) is 10.9. The number of ether oxygens (including phenoxy) is 1. The molecule has 7 rings (SSSR count). The lowest BCUT2D eigenvalue weighted by atomic mass is 9.82. The zero-order valence-corrected chi connectivity index (χ0v) is 25.3. The number of guanidine groups is 1. The van der Waals surface area contributed by atoms with Crippen LogP contribution in [-0.2, 0) is 4.79 Å². The molecule has 11 nitrogen and oxygen atoms in total. The fraction of sp³-hybridized carbons (Fsp3) is 0.303. The zero-order chi connectivity index (χ0) is 32.3. The molecule has 0 bridgehead atoms. The third kappa shape index (κ3) is 4.73. The molecule has 1 fully saturated rings. The number of hydrogen-bond acceptors (Lipinski definition) is 8. The van der Waals surface area contributed by atoms with Gasteiger partial charge in [-0.25, -0.2) is 28.3 Å². The molecule has 236 valence electrons. The first kappa shape index (κ1) is 29.4. The molecule has 3 aliphatic rings. The minimum absolute atomic E-state index is 0.0108. The average Bonchev–Trinajstić information content (AvgIpc) is 3.68. The van der Waals surface area contributed by atoms with Crippen molar-refractivity contribution in [1.82, 2.24) is 19.7 Å². The van der Waals surface area contributed by atoms with E-state index < -0.39 is 23.3 Å². The van der Waals surface area contributed by atoms with Crippen molar-refractivity contribution < 1.29 is 23.1 Å². The van der Waals surface area contributed by atoms with E-state index in [1.54, 1.807) is 13.0 Å². The van der Waals surface area contributed by atoms with Gasteiger partial charge in [0.1, 0.15) is 11.4 Å². The van der Waals surface area contributed by atoms with Crippen molar-refractivity contribution in [2.45, 2.75) is 64.1 Å². The highest BCUT2D eigenvalue weighted by atomic mass is 19.1. The van der Waals surface area contributed by atoms with Crippen LogP contribution in [0.5, 0.6) is 5.88 Å². The van der Waals surface area contributed by atoms with Crippen molar-refractivity contribution >= 4 is 40.1 Å². The molecule has 1 aliphatic heterocycles. The molecule has 1 atom stereocenters. The minimum atomic E-state index is -1.61. The van der Waals surface area contributed by atoms with Crippen molar-refractivity contribution in [3.63, 3.8) is 0 Å². The van der Waals surface area contributed by atoms with Crippen LogP contribution in [0.1, 0.15) is 65.7 Å². The second-order valence-electron chi connectivity index (χ2n) is 12.0. The van der Waals surface area contributed by atoms with E-state index in [0.717, 1.165) is 36.3 Å². The normalized spacial score (nSPS) is 19.4. The summed E-state index contributed by atoms with van der Waals surface area (Å²) < 4.78 is 35.1. The van der Waals surface area contributed by atoms with Gasteiger partial charge in [-0.2, -0.15) is 5.10 Å². The Labute approximate surface area is 262 Å². The van der Waals surface area contributed by atoms with Crippen molar-refractivity contribution in [2.24, 2.45) is 10.7 Å². The predicted octanol–water partition coefficient (Wildman–Crippen LogP) is 5.40. The maximum Gasteiger partial charge on any atom is 0.261 e. The van der Waals surface area contributed by atoms with Gasteiger partial charge in [-0.15, -0.1) is 0 Å². The van der Waals surface area contributed by atoms with Crippen LogP contribution in [0.2, 0.25) is 0 Å². The highest BCUT2D eigenvalue weighted by Gasteiger charge is 2.49. The van der Waals surface area contributed by atoms with Gasteiger partial charge in [-0.05, 0) is 62.1 Å². The number of nitrogen functional groups attached to an aromatic ring is 1. The average molecular weight is 627 g/mol. The number of aromatic amines is 1. The quantitative estimate of drug-likeness (QED) is 0.242. The number of benzene rings is 1. The number of rotatable bonds is 6. The maximum absolute atomic E-state index is 14.2. The fourth-order valence-electron chi connectivity index (χ4n) is 6.50. The van der Waals surface area contributed by atoms with Crippen molar-refractivity contribution in [3.8, 4) is 11.6 Å². The predicted molar refractivity (Wildman–Crippen MR) is 169 cm³/mol. The van der Waals surface area contributed by atoms with E-state index in [1.165, 1.54) is 34.1 Å². The van der Waals surface area contributed by atoms with Crippen LogP contribution in [0.25, 0.3) is 16.6 Å². The lowest BCUT2D eigenvalue weighted by Gasteiger charge is -2.29. The first-order chi connectivity index (χ1) is 22.1. The summed E-state index contributed by atoms with van der Waals surface area (Å²) >= 11 is 0. The number of carbonyl (C=O) groups is 2. The number of aliphatic imine (C=N–C) groups is 1. The summed E-state index contributed by atoms with van der Waals surface area (Å²) in [5.41, 5.74) is 15.5. The molecule has 1 spiro atoms. The smallest absolute Gasteiger partial charge is 0.261 e. The highest BCUT2D eigenvalue weighted by Crippen LogP contribution is 2.40. The van der Waals surface area contributed by atoms with Gasteiger partial charge in [-0.3, -0.25) is 9.59 Å². The van der Waals surface area contributed by atoms with Gasteiger partial charge in [0.05, 0.1) is 35.0 Å². The van der Waals surface area contributed by atoms with Gasteiger partial charge in [0.2, 0.25) is 17.6 Å². The molecule has 1 saturated carbocycles. The highest BCUT2D eigenvalue weighted by molar-refractivity contribution is 6.24. The first-order valence-corrected chi connectivity index (χ1v) is 15.1. The van der Waals surface area contributed by atoms with Crippen LogP contribution >= 0.6 is 0 Å². The van der Waals surface area contributed by atoms with Crippen LogP contribution in [0.15, 0.2) is 65.4 Å². The molecule has 2 aliphatic carbocycles. The van der Waals surface area contributed by atoms with E-state index in [0.29, 0.717) is 35.3 Å². The summed E-state index contributed by atoms with van der Waals surface area (Å²) in [4.78, 5) is 40.7. The zero-order valence-electron chi connectivity index (χ0n) is 25.3. The number of H-pyrrole nitrogens is 1. The Morgan fingerprint density at radius 3 is 2.57 bits per heavy atom. The van der Waals surface area contributed by atoms with E-state index in [9.17, 15) is 18.4 Å². The van der Waals surface area contributed by atoms with Crippen LogP contribution in [0, 0.1) is 13.8 Å². The Kier molecular flexibility index (Phi) is 6.98. The number of halogens is 2. The molecule has 1 aromatic carbocycles. The van der Waals surface area contributed by atoms with Gasteiger partial charge in [-0.1, -0.05) is 25.3 Å². The number of allylic oxidation sites excluding steroid dienone is 4. The largest absolute Gasteiger partial charge is 0.437 e. The van der Waals surface area contributed by atoms with Gasteiger partial charge in [0.25, 0.3) is 5.91 Å². The summed E-state index contributed by atoms with van der Waals surface area (Å²) in [5, 5.41) is 5.10. The molecule has 1 unspecified atom stereocenters. The summed E-state index contributed by atoms with van der Waals surface area (Å²) in [7, 11) is 0. The second-order valence-corrected chi connectivity index (χ2v) is 12.0. The number of hydrogen-bond donors (Lipinski definition) is 3. The van der Waals surface area contributed by atoms with Crippen molar-refractivity contribution in [2.75, 3.05) is 10.6 Å². The molecular formula is C33H32F2N8O3. The monoisotopic (exact) mass is 626 g/mol. The molecule has 13 heteroatoms. The number of pyridine rings is 1. The summed E-state index contributed by atoms with van der Waals surface area (Å²) in [6, 6.07) is 6.94. The van der Waals surface area contributed by atoms with E-state index in [4.69, 9.17) is 16.2 Å². The third-order valence-electron chi connectivity index (χ3n) is 8.94. The Balaban J connectivity index is 1.15. The number of anilines is 2. The Morgan fingerprint density at radius 2 is 1.83 bits per heavy atom. The number of nitrogens with one attached hydrogen (secondary N) is 1. The summed E-state index contributed by atoms with van der Waals surface area (Å²) in [6.07, 6.45) is 8.07. The fourth-order valence-corrected chi connectivity index (χ4v) is 6.50. The first-order valence-electron chi connectivity index (χ1n) is 15.1. The number of carbonyl (C=O) groups excluding carboxylic acids is 2. The topological polar surface area (TPSA) is 158 Å². The molecule has 3 aromatic heterocycles. The van der Waals surface area contributed by atoms with Crippen molar-refractivity contribution in [3.05, 3.63) is 82.8 Å². The molecule has 4 aromatic rings. The molecule has 1 amide bonds. The van der Waals surface area contributed by atoms with Crippen LogP contribution in [0.4, 0.5) is 20.3 Å². The van der Waals surface area contributed by atoms with Gasteiger partial charge >= 0.3 is 0 Å². The minimum Gasteiger partial charge on any atom is -0.437 e. The lowest BCUT2D eigenvalue weighted by molar-refractivity contribution is -0.122. The van der Waals surface area contributed by atoms with E-state index in [1.807, 2.05) is 19.1 Å². The van der Waals surface area contributed by atoms with Crippen LogP contribution < -0.4 is 21.1 Å². The van der Waals surface area contributed by atoms with Crippen LogP contribution in [0.3, 0.4) is 0 Å². The van der Waals surface area contributed by atoms with Gasteiger partial charge in [0.15, 0.2) is 17.8 Å². The Bertz CT molecular complexity index is 2020. The van der Waals surface area contributed by atoms with E-state index >= 15 is 0 Å². The molecular weight excluding hydrogens is 594 g/mol. The maximum atomic E-state index is 14.2. The number of alkyl halides is 1. The van der Waals surface area contributed by atoms with E-state index in [-0.39, 0.29) is 47.0 Å². The molecule has 46 heavy (non-hydrogen) atoms. The number of amides is 1. The third-order valence-corrected chi connectivity index (χ3v) is 8.94. The standard InChI is InChI=1S/C33H32F2N8O3/c1-17-11-19-13-24(40-23(19)14-25(17)42-31(45)33(41-32(42)37)9-4-3-5-10-33)28(44)20-15-39-43(30(20)36)26-16-38-27(12-18(26)2)46-29-21(34)7-6-8-22(29)35/h6-7,11-16,22,40H,3-5,8-10,36H2,1-2H3,(H2,37,41). The Morgan fingerprint density at radius 1 is 1.07 bits per heavy atom. The summed E-state index contributed by atoms with van der Waals surface area (Å²) in [5.74, 6) is -1.43. The number of aromatic nitrogens is 4. The number of aryl methyl sites for hydroxylation is 2. The number of nitrogens with zero attached hydrogens (tertiary/aromatic N) is 5. The SMILES string of the molecule is Cc1cc2cc(C(=O)c3cnn(-c4cnc(OC5=C(F)C=CCC5F)cc4C)c3N)[nH]c2cc1N1C(=O)C2(CCCCC2)N=C1N.